The highest BCUT2D eigenvalue weighted by Crippen LogP contribution is 2.33. The summed E-state index contributed by atoms with van der Waals surface area (Å²) in [6, 6.07) is 14.7. The minimum Gasteiger partial charge on any atom is -0.382 e. The Morgan fingerprint density at radius 1 is 1.06 bits per heavy atom. The molecule has 0 radical (unpaired) electrons. The number of aromatic amines is 1. The summed E-state index contributed by atoms with van der Waals surface area (Å²) in [5.41, 5.74) is 4.45. The van der Waals surface area contributed by atoms with Crippen molar-refractivity contribution in [3.63, 3.8) is 0 Å². The zero-order valence-electron chi connectivity index (χ0n) is 17.6. The third kappa shape index (κ3) is 3.87. The van der Waals surface area contributed by atoms with Gasteiger partial charge in [0.15, 0.2) is 5.82 Å². The smallest absolute Gasteiger partial charge is 0.273 e. The fourth-order valence-corrected chi connectivity index (χ4v) is 4.20. The van der Waals surface area contributed by atoms with Crippen LogP contribution in [-0.4, -0.2) is 38.7 Å². The number of anilines is 1. The molecule has 162 valence electrons. The van der Waals surface area contributed by atoms with E-state index in [2.05, 4.69) is 26.8 Å². The molecule has 0 spiro atoms. The summed E-state index contributed by atoms with van der Waals surface area (Å²) in [4.78, 5) is 33.8. The van der Waals surface area contributed by atoms with E-state index >= 15 is 0 Å². The first-order valence-electron chi connectivity index (χ1n) is 10.9. The summed E-state index contributed by atoms with van der Waals surface area (Å²) in [7, 11) is 0. The van der Waals surface area contributed by atoms with Crippen molar-refractivity contribution < 1.29 is 4.79 Å². The molecular weight excluding hydrogens is 404 g/mol. The molecule has 0 atom stereocenters. The molecule has 8 nitrogen and oxygen atoms in total. The number of amides is 1. The Labute approximate surface area is 184 Å². The van der Waals surface area contributed by atoms with Gasteiger partial charge in [0.05, 0.1) is 5.52 Å². The number of H-pyrrole nitrogens is 1. The van der Waals surface area contributed by atoms with E-state index in [-0.39, 0.29) is 17.2 Å². The number of hydrogen-bond donors (Lipinski definition) is 3. The van der Waals surface area contributed by atoms with E-state index in [9.17, 15) is 9.59 Å². The lowest BCUT2D eigenvalue weighted by molar-refractivity contribution is 0.0950. The second-order valence-electron chi connectivity index (χ2n) is 7.85. The van der Waals surface area contributed by atoms with Crippen molar-refractivity contribution in [3.05, 3.63) is 82.0 Å². The quantitative estimate of drug-likeness (QED) is 0.410. The van der Waals surface area contributed by atoms with Crippen LogP contribution in [0.15, 0.2) is 59.5 Å². The maximum absolute atomic E-state index is 12.5. The summed E-state index contributed by atoms with van der Waals surface area (Å²) >= 11 is 0. The van der Waals surface area contributed by atoms with Crippen molar-refractivity contribution in [3.8, 4) is 5.82 Å². The summed E-state index contributed by atoms with van der Waals surface area (Å²) in [6.45, 7) is 0.985. The van der Waals surface area contributed by atoms with E-state index in [4.69, 9.17) is 4.98 Å². The van der Waals surface area contributed by atoms with Gasteiger partial charge in [-0.05, 0) is 49.4 Å². The highest BCUT2D eigenvalue weighted by atomic mass is 16.2. The number of carbonyl (C=O) groups excluding carboxylic acids is 1. The topological polar surface area (TPSA) is 105 Å². The van der Waals surface area contributed by atoms with Crippen LogP contribution in [0.3, 0.4) is 0 Å². The van der Waals surface area contributed by atoms with Gasteiger partial charge < -0.3 is 10.6 Å². The van der Waals surface area contributed by atoms with E-state index in [1.807, 2.05) is 18.2 Å². The molecule has 4 aromatic rings. The molecule has 1 aliphatic rings. The fraction of sp³-hybridized carbons (Fsp3) is 0.250. The van der Waals surface area contributed by atoms with Gasteiger partial charge >= 0.3 is 0 Å². The molecule has 0 aliphatic heterocycles. The predicted octanol–water partition coefficient (Wildman–Crippen LogP) is 2.83. The molecule has 0 fully saturated rings. The van der Waals surface area contributed by atoms with Crippen LogP contribution < -0.4 is 16.2 Å². The Kier molecular flexibility index (Phi) is 5.41. The maximum Gasteiger partial charge on any atom is 0.273 e. The van der Waals surface area contributed by atoms with Gasteiger partial charge in [0.25, 0.3) is 11.5 Å². The molecule has 5 rings (SSSR count). The highest BCUT2D eigenvalue weighted by Gasteiger charge is 2.18. The molecule has 1 aromatic carbocycles. The summed E-state index contributed by atoms with van der Waals surface area (Å²) in [5.74, 6) is 0.104. The number of hydrogen-bond acceptors (Lipinski definition) is 5. The van der Waals surface area contributed by atoms with E-state index < -0.39 is 0 Å². The van der Waals surface area contributed by atoms with Crippen molar-refractivity contribution in [2.24, 2.45) is 0 Å². The Bertz CT molecular complexity index is 1330. The van der Waals surface area contributed by atoms with Crippen LogP contribution in [0.1, 0.15) is 34.6 Å². The average Bonchev–Trinajstić information content (AvgIpc) is 3.23. The van der Waals surface area contributed by atoms with Crippen molar-refractivity contribution in [1.29, 1.82) is 0 Å². The Balaban J connectivity index is 1.27. The van der Waals surface area contributed by atoms with Crippen LogP contribution in [-0.2, 0) is 12.8 Å². The average molecular weight is 428 g/mol. The molecule has 0 bridgehead atoms. The number of pyridine rings is 2. The van der Waals surface area contributed by atoms with E-state index in [0.717, 1.165) is 29.4 Å². The van der Waals surface area contributed by atoms with Gasteiger partial charge in [-0.2, -0.15) is 0 Å². The Hall–Kier alpha value is -3.94. The molecule has 0 saturated carbocycles. The lowest BCUT2D eigenvalue weighted by Gasteiger charge is -2.21. The SMILES string of the molecule is O=C(NCCNc1c2c(nc3ccccc13)CCCC2)c1cc(=O)n(-c2ccccn2)[nH]1. The van der Waals surface area contributed by atoms with Crippen LogP contribution in [0.2, 0.25) is 0 Å². The van der Waals surface area contributed by atoms with Gasteiger partial charge in [-0.25, -0.2) is 9.67 Å². The van der Waals surface area contributed by atoms with Gasteiger partial charge in [0.1, 0.15) is 5.69 Å². The number of carbonyl (C=O) groups is 1. The second kappa shape index (κ2) is 8.66. The van der Waals surface area contributed by atoms with E-state index in [0.29, 0.717) is 18.9 Å². The molecule has 1 aliphatic carbocycles. The third-order valence-corrected chi connectivity index (χ3v) is 5.73. The lowest BCUT2D eigenvalue weighted by atomic mass is 9.92. The van der Waals surface area contributed by atoms with Crippen LogP contribution in [0, 0.1) is 0 Å². The van der Waals surface area contributed by atoms with Gasteiger partial charge in [-0.15, -0.1) is 0 Å². The molecule has 8 heteroatoms. The first kappa shape index (κ1) is 20.0. The number of aryl methyl sites for hydroxylation is 1. The van der Waals surface area contributed by atoms with Crippen LogP contribution in [0.5, 0.6) is 0 Å². The monoisotopic (exact) mass is 428 g/mol. The number of aromatic nitrogens is 4. The van der Waals surface area contributed by atoms with E-state index in [1.165, 1.54) is 34.8 Å². The van der Waals surface area contributed by atoms with E-state index in [1.54, 1.807) is 24.4 Å². The molecule has 0 saturated heterocycles. The normalized spacial score (nSPS) is 13.0. The minimum absolute atomic E-state index is 0.201. The molecular formula is C24H24N6O2. The maximum atomic E-state index is 12.5. The number of fused-ring (bicyclic) bond motifs is 2. The zero-order chi connectivity index (χ0) is 21.9. The molecule has 3 heterocycles. The molecule has 1 amide bonds. The molecule has 3 aromatic heterocycles. The lowest BCUT2D eigenvalue weighted by Crippen LogP contribution is -2.29. The third-order valence-electron chi connectivity index (χ3n) is 5.73. The van der Waals surface area contributed by atoms with Gasteiger partial charge in [0, 0.05) is 42.1 Å². The van der Waals surface area contributed by atoms with Crippen LogP contribution in [0.25, 0.3) is 16.7 Å². The zero-order valence-corrected chi connectivity index (χ0v) is 17.6. The predicted molar refractivity (Wildman–Crippen MR) is 123 cm³/mol. The second-order valence-corrected chi connectivity index (χ2v) is 7.85. The number of para-hydroxylation sites is 1. The first-order valence-corrected chi connectivity index (χ1v) is 10.9. The fourth-order valence-electron chi connectivity index (χ4n) is 4.20. The number of nitrogens with zero attached hydrogens (tertiary/aromatic N) is 3. The molecule has 3 N–H and O–H groups in total. The van der Waals surface area contributed by atoms with Crippen molar-refractivity contribution in [2.45, 2.75) is 25.7 Å². The number of nitrogens with one attached hydrogen (secondary N) is 3. The summed E-state index contributed by atoms with van der Waals surface area (Å²) in [6.07, 6.45) is 5.95. The highest BCUT2D eigenvalue weighted by molar-refractivity contribution is 5.94. The summed E-state index contributed by atoms with van der Waals surface area (Å²) in [5, 5.41) is 10.3. The van der Waals surface area contributed by atoms with Crippen molar-refractivity contribution in [2.75, 3.05) is 18.4 Å². The largest absolute Gasteiger partial charge is 0.382 e. The number of benzene rings is 1. The molecule has 32 heavy (non-hydrogen) atoms. The first-order chi connectivity index (χ1) is 15.7. The van der Waals surface area contributed by atoms with Crippen molar-refractivity contribution in [1.82, 2.24) is 25.1 Å². The standard InChI is InChI=1S/C24H24N6O2/c31-22-15-20(29-30(22)21-11-5-6-12-25-21)24(32)27-14-13-26-23-16-7-1-3-9-18(16)28-19-10-4-2-8-17(19)23/h1,3,5-7,9,11-12,15,29H,2,4,8,10,13-14H2,(H,26,28)(H,27,32). The van der Waals surface area contributed by atoms with Crippen LogP contribution >= 0.6 is 0 Å². The minimum atomic E-state index is -0.333. The Morgan fingerprint density at radius 3 is 2.78 bits per heavy atom. The van der Waals surface area contributed by atoms with Gasteiger partial charge in [-0.3, -0.25) is 19.7 Å². The van der Waals surface area contributed by atoms with Gasteiger partial charge in [0.2, 0.25) is 0 Å². The molecule has 0 unspecified atom stereocenters. The van der Waals surface area contributed by atoms with Crippen LogP contribution in [0.4, 0.5) is 5.69 Å². The van der Waals surface area contributed by atoms with Crippen molar-refractivity contribution >= 4 is 22.5 Å². The number of rotatable bonds is 6. The summed E-state index contributed by atoms with van der Waals surface area (Å²) < 4.78 is 1.25. The van der Waals surface area contributed by atoms with Gasteiger partial charge in [-0.1, -0.05) is 24.3 Å². The Morgan fingerprint density at radius 2 is 1.91 bits per heavy atom.